The first-order valence-corrected chi connectivity index (χ1v) is 13.8. The number of piperidine rings is 1. The van der Waals surface area contributed by atoms with Crippen molar-refractivity contribution in [1.29, 1.82) is 0 Å². The molecule has 1 aliphatic heterocycles. The molecular weight excluding hydrogens is 440 g/mol. The van der Waals surface area contributed by atoms with E-state index in [0.29, 0.717) is 36.5 Å². The molecule has 6 rings (SSSR count). The van der Waals surface area contributed by atoms with Gasteiger partial charge >= 0.3 is 5.97 Å². The Kier molecular flexibility index (Phi) is 6.02. The molecule has 0 aromatic heterocycles. The minimum absolute atomic E-state index is 0.177. The van der Waals surface area contributed by atoms with Crippen molar-refractivity contribution in [3.05, 3.63) is 23.8 Å². The maximum atomic E-state index is 13.0. The van der Waals surface area contributed by atoms with Crippen molar-refractivity contribution in [1.82, 2.24) is 4.31 Å². The van der Waals surface area contributed by atoms with Gasteiger partial charge in [0.25, 0.3) is 5.91 Å². The minimum Gasteiger partial charge on any atom is -0.455 e. The van der Waals surface area contributed by atoms with Gasteiger partial charge < -0.3 is 10.1 Å². The Hall–Kier alpha value is -1.93. The predicted octanol–water partition coefficient (Wildman–Crippen LogP) is 3.87. The number of carbonyl (C=O) groups excluding carboxylic acids is 2. The lowest BCUT2D eigenvalue weighted by Crippen LogP contribution is -2.50. The number of nitrogens with one attached hydrogen (secondary N) is 1. The molecule has 5 aliphatic rings. The van der Waals surface area contributed by atoms with Crippen molar-refractivity contribution < 1.29 is 22.7 Å². The number of aryl methyl sites for hydroxylation is 1. The summed E-state index contributed by atoms with van der Waals surface area (Å²) < 4.78 is 33.0. The fourth-order valence-electron chi connectivity index (χ4n) is 6.98. The molecule has 1 saturated heterocycles. The van der Waals surface area contributed by atoms with Crippen molar-refractivity contribution in [3.8, 4) is 0 Å². The number of sulfonamides is 1. The van der Waals surface area contributed by atoms with Crippen LogP contribution in [0.15, 0.2) is 23.1 Å². The summed E-state index contributed by atoms with van der Waals surface area (Å²) in [5, 5.41) is 2.76. The Morgan fingerprint density at radius 3 is 2.24 bits per heavy atom. The van der Waals surface area contributed by atoms with Crippen LogP contribution < -0.4 is 5.32 Å². The molecule has 0 radical (unpaired) electrons. The Labute approximate surface area is 196 Å². The zero-order chi connectivity index (χ0) is 23.2. The number of anilines is 1. The van der Waals surface area contributed by atoms with Crippen LogP contribution in [0.25, 0.3) is 0 Å². The monoisotopic (exact) mass is 474 g/mol. The second-order valence-corrected chi connectivity index (χ2v) is 12.7. The third-order valence-electron chi connectivity index (χ3n) is 8.24. The fourth-order valence-corrected chi connectivity index (χ4v) is 8.53. The number of benzene rings is 1. The van der Waals surface area contributed by atoms with Crippen molar-refractivity contribution >= 4 is 27.6 Å². The molecule has 8 heteroatoms. The third-order valence-corrected chi connectivity index (χ3v) is 10.1. The number of hydrogen-bond donors (Lipinski definition) is 1. The lowest BCUT2D eigenvalue weighted by Gasteiger charge is -2.55. The Morgan fingerprint density at radius 2 is 1.64 bits per heavy atom. The fraction of sp³-hybridized carbons (Fsp3) is 0.680. The SMILES string of the molecule is Cc1ccc(S(=O)(=O)N2CCCCC2)cc1NC(=O)COC(=O)C12CC3CC(CC(C3)C1)C2. The van der Waals surface area contributed by atoms with Crippen molar-refractivity contribution in [3.63, 3.8) is 0 Å². The van der Waals surface area contributed by atoms with Crippen molar-refractivity contribution in [2.24, 2.45) is 23.2 Å². The van der Waals surface area contributed by atoms with E-state index >= 15 is 0 Å². The van der Waals surface area contributed by atoms with E-state index in [9.17, 15) is 18.0 Å². The Morgan fingerprint density at radius 1 is 1.03 bits per heavy atom. The second-order valence-electron chi connectivity index (χ2n) is 10.8. The average molecular weight is 475 g/mol. The average Bonchev–Trinajstić information content (AvgIpc) is 2.78. The summed E-state index contributed by atoms with van der Waals surface area (Å²) in [5.74, 6) is 1.22. The smallest absolute Gasteiger partial charge is 0.312 e. The third kappa shape index (κ3) is 4.44. The van der Waals surface area contributed by atoms with Crippen LogP contribution in [0.5, 0.6) is 0 Å². The molecule has 1 amide bonds. The molecule has 4 saturated carbocycles. The summed E-state index contributed by atoms with van der Waals surface area (Å²) in [6, 6.07) is 4.80. The molecular formula is C25H34N2O5S. The molecule has 4 aliphatic carbocycles. The van der Waals surface area contributed by atoms with Gasteiger partial charge in [-0.15, -0.1) is 0 Å². The van der Waals surface area contributed by atoms with Crippen molar-refractivity contribution in [2.45, 2.75) is 69.6 Å². The van der Waals surface area contributed by atoms with Gasteiger partial charge in [0, 0.05) is 18.8 Å². The Bertz CT molecular complexity index is 1010. The number of carbonyl (C=O) groups is 2. The lowest BCUT2D eigenvalue weighted by molar-refractivity contribution is -0.172. The highest BCUT2D eigenvalue weighted by Gasteiger charge is 2.55. The van der Waals surface area contributed by atoms with E-state index in [1.165, 1.54) is 29.6 Å². The van der Waals surface area contributed by atoms with Crippen LogP contribution in [0, 0.1) is 30.1 Å². The number of nitrogens with zero attached hydrogens (tertiary/aromatic N) is 1. The summed E-state index contributed by atoms with van der Waals surface area (Å²) in [6.07, 6.45) is 9.19. The molecule has 7 nitrogen and oxygen atoms in total. The van der Waals surface area contributed by atoms with E-state index in [1.807, 2.05) is 6.92 Å². The van der Waals surface area contributed by atoms with Gasteiger partial charge in [0.05, 0.1) is 10.3 Å². The van der Waals surface area contributed by atoms with Crippen LogP contribution in [0.3, 0.4) is 0 Å². The molecule has 0 atom stereocenters. The molecule has 1 N–H and O–H groups in total. The molecule has 1 aromatic rings. The normalized spacial score (nSPS) is 31.4. The van der Waals surface area contributed by atoms with Gasteiger partial charge in [0.2, 0.25) is 10.0 Å². The van der Waals surface area contributed by atoms with Crippen LogP contribution in [-0.4, -0.2) is 44.3 Å². The zero-order valence-corrected chi connectivity index (χ0v) is 20.2. The molecule has 4 bridgehead atoms. The molecule has 0 spiro atoms. The van der Waals surface area contributed by atoms with Gasteiger partial charge in [0.15, 0.2) is 6.61 Å². The number of hydrogen-bond acceptors (Lipinski definition) is 5. The number of rotatable bonds is 6. The van der Waals surface area contributed by atoms with Gasteiger partial charge in [-0.1, -0.05) is 12.5 Å². The molecule has 1 heterocycles. The van der Waals surface area contributed by atoms with E-state index < -0.39 is 21.3 Å². The second kappa shape index (κ2) is 8.69. The summed E-state index contributed by atoms with van der Waals surface area (Å²) in [5.41, 5.74) is 0.796. The van der Waals surface area contributed by atoms with E-state index in [0.717, 1.165) is 44.1 Å². The van der Waals surface area contributed by atoms with Gasteiger partial charge in [-0.2, -0.15) is 4.31 Å². The number of amides is 1. The van der Waals surface area contributed by atoms with Crippen molar-refractivity contribution in [2.75, 3.05) is 25.0 Å². The number of esters is 1. The van der Waals surface area contributed by atoms with Crippen LogP contribution in [0.4, 0.5) is 5.69 Å². The first-order valence-electron chi connectivity index (χ1n) is 12.3. The molecule has 33 heavy (non-hydrogen) atoms. The maximum Gasteiger partial charge on any atom is 0.312 e. The lowest BCUT2D eigenvalue weighted by atomic mass is 9.49. The molecule has 180 valence electrons. The first-order chi connectivity index (χ1) is 15.7. The first kappa shape index (κ1) is 22.8. The highest BCUT2D eigenvalue weighted by molar-refractivity contribution is 7.89. The molecule has 5 fully saturated rings. The van der Waals surface area contributed by atoms with Crippen LogP contribution in [-0.2, 0) is 24.3 Å². The van der Waals surface area contributed by atoms with Gasteiger partial charge in [-0.3, -0.25) is 9.59 Å². The quantitative estimate of drug-likeness (QED) is 0.632. The molecule has 1 aromatic carbocycles. The van der Waals surface area contributed by atoms with E-state index in [-0.39, 0.29) is 17.5 Å². The molecule has 0 unspecified atom stereocenters. The number of ether oxygens (including phenoxy) is 1. The maximum absolute atomic E-state index is 13.0. The summed E-state index contributed by atoms with van der Waals surface area (Å²) in [7, 11) is -3.59. The predicted molar refractivity (Wildman–Crippen MR) is 124 cm³/mol. The van der Waals surface area contributed by atoms with Crippen LogP contribution >= 0.6 is 0 Å². The highest BCUT2D eigenvalue weighted by Crippen LogP contribution is 2.60. The van der Waals surface area contributed by atoms with E-state index in [2.05, 4.69) is 5.32 Å². The summed E-state index contributed by atoms with van der Waals surface area (Å²) >= 11 is 0. The summed E-state index contributed by atoms with van der Waals surface area (Å²) in [4.78, 5) is 25.8. The standard InChI is InChI=1S/C25H34N2O5S/c1-17-5-6-21(33(30,31)27-7-3-2-4-8-27)12-22(17)26-23(28)16-32-24(29)25-13-18-9-19(14-25)11-20(10-18)15-25/h5-6,12,18-20H,2-4,7-11,13-16H2,1H3,(H,26,28). The van der Waals surface area contributed by atoms with Crippen LogP contribution in [0.1, 0.15) is 63.4 Å². The minimum atomic E-state index is -3.59. The van der Waals surface area contributed by atoms with E-state index in [1.54, 1.807) is 12.1 Å². The largest absolute Gasteiger partial charge is 0.455 e. The highest BCUT2D eigenvalue weighted by atomic mass is 32.2. The van der Waals surface area contributed by atoms with Crippen LogP contribution in [0.2, 0.25) is 0 Å². The van der Waals surface area contributed by atoms with E-state index in [4.69, 9.17) is 4.74 Å². The van der Waals surface area contributed by atoms with Gasteiger partial charge in [0.1, 0.15) is 0 Å². The van der Waals surface area contributed by atoms with Gasteiger partial charge in [-0.25, -0.2) is 8.42 Å². The zero-order valence-electron chi connectivity index (χ0n) is 19.3. The topological polar surface area (TPSA) is 92.8 Å². The Balaban J connectivity index is 1.22. The summed E-state index contributed by atoms with van der Waals surface area (Å²) in [6.45, 7) is 2.52. The van der Waals surface area contributed by atoms with Gasteiger partial charge in [-0.05, 0) is 93.7 Å².